The van der Waals surface area contributed by atoms with Crippen LogP contribution in [-0.2, 0) is 0 Å². The van der Waals surface area contributed by atoms with Crippen molar-refractivity contribution in [3.05, 3.63) is 0 Å². The standard InChI is InChI=1S/C8H20NO4.ClH/c10-5-1-9(2-6-11,3-7-12)4-8-13;/h10-13H,1-8H2;1H/q+1;/p-1. The predicted molar refractivity (Wildman–Crippen MR) is 48.1 cm³/mol. The maximum Gasteiger partial charge on any atom is 0.102 e. The van der Waals surface area contributed by atoms with E-state index >= 15 is 0 Å². The van der Waals surface area contributed by atoms with Crippen molar-refractivity contribution in [2.45, 2.75) is 0 Å². The molecule has 0 heterocycles. The van der Waals surface area contributed by atoms with Gasteiger partial charge in [-0.05, 0) is 0 Å². The van der Waals surface area contributed by atoms with Crippen molar-refractivity contribution in [2.24, 2.45) is 0 Å². The molecule has 0 atom stereocenters. The third-order valence-corrected chi connectivity index (χ3v) is 2.30. The first-order chi connectivity index (χ1) is 6.24. The lowest BCUT2D eigenvalue weighted by Crippen LogP contribution is -3.00. The Morgan fingerprint density at radius 1 is 0.571 bits per heavy atom. The van der Waals surface area contributed by atoms with Gasteiger partial charge in [0.05, 0.1) is 26.4 Å². The summed E-state index contributed by atoms with van der Waals surface area (Å²) in [5.74, 6) is 0. The Kier molecular flexibility index (Phi) is 11.4. The Labute approximate surface area is 90.6 Å². The SMILES string of the molecule is OCC[N+](CCO)(CCO)CCO.[Cl-]. The van der Waals surface area contributed by atoms with E-state index in [0.29, 0.717) is 30.7 Å². The summed E-state index contributed by atoms with van der Waals surface area (Å²) in [6.45, 7) is 1.84. The average Bonchev–Trinajstić information content (AvgIpc) is 2.06. The normalized spacial score (nSPS) is 11.1. The van der Waals surface area contributed by atoms with Gasteiger partial charge in [-0.15, -0.1) is 0 Å². The third kappa shape index (κ3) is 5.74. The number of hydrogen-bond donors (Lipinski definition) is 4. The molecule has 5 nitrogen and oxygen atoms in total. The van der Waals surface area contributed by atoms with Gasteiger partial charge < -0.3 is 37.3 Å². The summed E-state index contributed by atoms with van der Waals surface area (Å²) in [6, 6.07) is 0. The fourth-order valence-electron chi connectivity index (χ4n) is 1.52. The highest BCUT2D eigenvalue weighted by atomic mass is 35.5. The highest BCUT2D eigenvalue weighted by Crippen LogP contribution is 2.04. The van der Waals surface area contributed by atoms with Crippen LogP contribution in [0.1, 0.15) is 0 Å². The van der Waals surface area contributed by atoms with Crippen LogP contribution >= 0.6 is 0 Å². The smallest absolute Gasteiger partial charge is 0.102 e. The molecule has 0 aliphatic heterocycles. The lowest BCUT2D eigenvalue weighted by atomic mass is 10.3. The van der Waals surface area contributed by atoms with Crippen LogP contribution in [0.3, 0.4) is 0 Å². The quantitative estimate of drug-likeness (QED) is 0.314. The molecule has 0 rings (SSSR count). The van der Waals surface area contributed by atoms with Gasteiger partial charge in [0.2, 0.25) is 0 Å². The number of hydrogen-bond acceptors (Lipinski definition) is 4. The summed E-state index contributed by atoms with van der Waals surface area (Å²) in [5.41, 5.74) is 0. The summed E-state index contributed by atoms with van der Waals surface area (Å²) < 4.78 is 0.375. The van der Waals surface area contributed by atoms with E-state index in [1.807, 2.05) is 0 Å². The maximum absolute atomic E-state index is 8.82. The molecule has 6 heteroatoms. The van der Waals surface area contributed by atoms with Crippen LogP contribution in [0.4, 0.5) is 0 Å². The van der Waals surface area contributed by atoms with Crippen molar-refractivity contribution in [2.75, 3.05) is 52.6 Å². The van der Waals surface area contributed by atoms with E-state index in [1.54, 1.807) is 0 Å². The fourth-order valence-corrected chi connectivity index (χ4v) is 1.52. The van der Waals surface area contributed by atoms with E-state index in [-0.39, 0.29) is 38.8 Å². The molecule has 0 bridgehead atoms. The zero-order chi connectivity index (χ0) is 10.2. The second kappa shape index (κ2) is 9.64. The van der Waals surface area contributed by atoms with Gasteiger partial charge in [-0.1, -0.05) is 0 Å². The van der Waals surface area contributed by atoms with E-state index in [4.69, 9.17) is 20.4 Å². The second-order valence-electron chi connectivity index (χ2n) is 3.13. The highest BCUT2D eigenvalue weighted by molar-refractivity contribution is 4.44. The Morgan fingerprint density at radius 2 is 0.786 bits per heavy atom. The number of aliphatic hydroxyl groups excluding tert-OH is 4. The summed E-state index contributed by atoms with van der Waals surface area (Å²) in [7, 11) is 0. The molecule has 0 radical (unpaired) electrons. The van der Waals surface area contributed by atoms with Crippen LogP contribution in [0.5, 0.6) is 0 Å². The van der Waals surface area contributed by atoms with E-state index in [2.05, 4.69) is 0 Å². The van der Waals surface area contributed by atoms with Crippen LogP contribution < -0.4 is 12.4 Å². The first kappa shape index (κ1) is 16.5. The number of rotatable bonds is 8. The van der Waals surface area contributed by atoms with Crippen LogP contribution in [-0.4, -0.2) is 77.5 Å². The van der Waals surface area contributed by atoms with Crippen LogP contribution in [0.25, 0.3) is 0 Å². The van der Waals surface area contributed by atoms with E-state index in [0.717, 1.165) is 0 Å². The number of aliphatic hydroxyl groups is 4. The molecule has 88 valence electrons. The van der Waals surface area contributed by atoms with Gasteiger partial charge in [-0.3, -0.25) is 0 Å². The second-order valence-corrected chi connectivity index (χ2v) is 3.13. The van der Waals surface area contributed by atoms with Crippen molar-refractivity contribution in [3.8, 4) is 0 Å². The van der Waals surface area contributed by atoms with Crippen molar-refractivity contribution in [1.82, 2.24) is 0 Å². The van der Waals surface area contributed by atoms with Crippen LogP contribution in [0, 0.1) is 0 Å². The molecule has 0 spiro atoms. The molecule has 0 fully saturated rings. The van der Waals surface area contributed by atoms with Gasteiger partial charge in [0.1, 0.15) is 26.2 Å². The van der Waals surface area contributed by atoms with Crippen molar-refractivity contribution in [1.29, 1.82) is 0 Å². The molecule has 0 aromatic heterocycles. The molecule has 0 aliphatic rings. The Hall–Kier alpha value is 0.0900. The zero-order valence-corrected chi connectivity index (χ0v) is 9.03. The molecule has 0 unspecified atom stereocenters. The van der Waals surface area contributed by atoms with Gasteiger partial charge in [-0.2, -0.15) is 0 Å². The number of quaternary nitrogens is 1. The average molecular weight is 230 g/mol. The number of nitrogens with zero attached hydrogens (tertiary/aromatic N) is 1. The van der Waals surface area contributed by atoms with Crippen molar-refractivity contribution < 1.29 is 37.3 Å². The summed E-state index contributed by atoms with van der Waals surface area (Å²) in [5, 5.41) is 35.3. The molecule has 0 aliphatic carbocycles. The van der Waals surface area contributed by atoms with Gasteiger partial charge >= 0.3 is 0 Å². The molecular weight excluding hydrogens is 210 g/mol. The third-order valence-electron chi connectivity index (χ3n) is 2.30. The summed E-state index contributed by atoms with van der Waals surface area (Å²) in [6.07, 6.45) is 0. The Morgan fingerprint density at radius 3 is 0.929 bits per heavy atom. The molecule has 0 aromatic rings. The van der Waals surface area contributed by atoms with E-state index in [9.17, 15) is 0 Å². The number of halogens is 1. The maximum atomic E-state index is 8.82. The minimum atomic E-state index is 0. The van der Waals surface area contributed by atoms with Crippen LogP contribution in [0.2, 0.25) is 0 Å². The predicted octanol–water partition coefficient (Wildman–Crippen LogP) is -5.22. The minimum absolute atomic E-state index is 0. The first-order valence-electron chi connectivity index (χ1n) is 4.53. The topological polar surface area (TPSA) is 80.9 Å². The monoisotopic (exact) mass is 229 g/mol. The molecule has 0 saturated carbocycles. The van der Waals surface area contributed by atoms with E-state index in [1.165, 1.54) is 0 Å². The Bertz CT molecular complexity index is 96.4. The summed E-state index contributed by atoms with van der Waals surface area (Å²) >= 11 is 0. The lowest BCUT2D eigenvalue weighted by molar-refractivity contribution is -0.929. The van der Waals surface area contributed by atoms with Gasteiger partial charge in [-0.25, -0.2) is 0 Å². The van der Waals surface area contributed by atoms with Crippen LogP contribution in [0.15, 0.2) is 0 Å². The fraction of sp³-hybridized carbons (Fsp3) is 1.00. The molecular formula is C8H20ClNO4. The minimum Gasteiger partial charge on any atom is -1.00 e. The zero-order valence-electron chi connectivity index (χ0n) is 8.27. The molecule has 0 aromatic carbocycles. The highest BCUT2D eigenvalue weighted by Gasteiger charge is 2.24. The largest absolute Gasteiger partial charge is 1.00 e. The molecule has 14 heavy (non-hydrogen) atoms. The first-order valence-corrected chi connectivity index (χ1v) is 4.53. The molecule has 0 saturated heterocycles. The molecule has 0 amide bonds. The summed E-state index contributed by atoms with van der Waals surface area (Å²) in [4.78, 5) is 0. The lowest BCUT2D eigenvalue weighted by Gasteiger charge is -2.36. The molecule has 4 N–H and O–H groups in total. The van der Waals surface area contributed by atoms with Crippen molar-refractivity contribution in [3.63, 3.8) is 0 Å². The van der Waals surface area contributed by atoms with Crippen molar-refractivity contribution >= 4 is 0 Å². The van der Waals surface area contributed by atoms with Gasteiger partial charge in [0.15, 0.2) is 0 Å². The Balaban J connectivity index is 0. The van der Waals surface area contributed by atoms with E-state index < -0.39 is 0 Å². The van der Waals surface area contributed by atoms with Gasteiger partial charge in [0, 0.05) is 0 Å². The van der Waals surface area contributed by atoms with Gasteiger partial charge in [0.25, 0.3) is 0 Å².